The van der Waals surface area contributed by atoms with Gasteiger partial charge in [-0.25, -0.2) is 4.79 Å². The highest BCUT2D eigenvalue weighted by molar-refractivity contribution is 5.95. The normalized spacial score (nSPS) is 11.8. The molecule has 0 spiro atoms. The lowest BCUT2D eigenvalue weighted by atomic mass is 9.99. The average Bonchev–Trinajstić information content (AvgIpc) is 2.91. The van der Waals surface area contributed by atoms with Crippen molar-refractivity contribution in [3.05, 3.63) is 53.0 Å². The number of anilines is 1. The van der Waals surface area contributed by atoms with Crippen LogP contribution in [0, 0.1) is 13.8 Å². The van der Waals surface area contributed by atoms with Gasteiger partial charge < -0.3 is 14.5 Å². The highest BCUT2D eigenvalue weighted by Gasteiger charge is 2.16. The van der Waals surface area contributed by atoms with E-state index in [4.69, 9.17) is 9.15 Å². The predicted octanol–water partition coefficient (Wildman–Crippen LogP) is 4.21. The highest BCUT2D eigenvalue weighted by atomic mass is 16.5. The Morgan fingerprint density at radius 2 is 1.88 bits per heavy atom. The molecule has 0 unspecified atom stereocenters. The van der Waals surface area contributed by atoms with Crippen molar-refractivity contribution in [2.75, 3.05) is 11.9 Å². The Kier molecular flexibility index (Phi) is 5.79. The molecule has 0 aliphatic heterocycles. The molecule has 1 heterocycles. The zero-order valence-corrected chi connectivity index (χ0v) is 14.5. The summed E-state index contributed by atoms with van der Waals surface area (Å²) in [6, 6.07) is 9.29. The van der Waals surface area contributed by atoms with Crippen LogP contribution in [0.2, 0.25) is 0 Å². The largest absolute Gasteiger partial charge is 0.466 e. The summed E-state index contributed by atoms with van der Waals surface area (Å²) in [5.74, 6) is 0.658. The number of amides is 1. The van der Waals surface area contributed by atoms with Crippen LogP contribution < -0.4 is 5.32 Å². The van der Waals surface area contributed by atoms with Crippen LogP contribution >= 0.6 is 0 Å². The second kappa shape index (κ2) is 7.81. The molecule has 2 rings (SSSR count). The topological polar surface area (TPSA) is 68.5 Å². The van der Waals surface area contributed by atoms with Crippen LogP contribution in [-0.4, -0.2) is 18.5 Å². The second-order valence-corrected chi connectivity index (χ2v) is 5.88. The van der Waals surface area contributed by atoms with Gasteiger partial charge in [0.15, 0.2) is 6.61 Å². The fourth-order valence-corrected chi connectivity index (χ4v) is 2.37. The van der Waals surface area contributed by atoms with Crippen molar-refractivity contribution < 1.29 is 18.7 Å². The number of hydrogen-bond donors (Lipinski definition) is 1. The van der Waals surface area contributed by atoms with Crippen LogP contribution in [-0.2, 0) is 9.53 Å². The summed E-state index contributed by atoms with van der Waals surface area (Å²) in [5.41, 5.74) is 2.25. The van der Waals surface area contributed by atoms with Gasteiger partial charge in [-0.2, -0.15) is 0 Å². The standard InChI is InChI=1S/C19H23NO4/c1-5-12(2)15-6-8-16(9-7-15)20-18(21)11-23-19(22)17-10-13(3)24-14(17)4/h6-10,12H,5,11H2,1-4H3,(H,20,21)/t12-/m0/s1. The number of ether oxygens (including phenoxy) is 1. The summed E-state index contributed by atoms with van der Waals surface area (Å²) < 4.78 is 10.3. The number of carbonyl (C=O) groups is 2. The molecule has 0 fully saturated rings. The number of rotatable bonds is 6. The Balaban J connectivity index is 1.87. The highest BCUT2D eigenvalue weighted by Crippen LogP contribution is 2.20. The monoisotopic (exact) mass is 329 g/mol. The van der Waals surface area contributed by atoms with Gasteiger partial charge in [-0.15, -0.1) is 0 Å². The summed E-state index contributed by atoms with van der Waals surface area (Å²) in [7, 11) is 0. The van der Waals surface area contributed by atoms with Gasteiger partial charge >= 0.3 is 5.97 Å². The van der Waals surface area contributed by atoms with Crippen molar-refractivity contribution in [2.24, 2.45) is 0 Å². The fraction of sp³-hybridized carbons (Fsp3) is 0.368. The van der Waals surface area contributed by atoms with Crippen molar-refractivity contribution in [1.29, 1.82) is 0 Å². The maximum absolute atomic E-state index is 11.9. The van der Waals surface area contributed by atoms with Crippen LogP contribution in [0.1, 0.15) is 53.6 Å². The van der Waals surface area contributed by atoms with E-state index < -0.39 is 5.97 Å². The van der Waals surface area contributed by atoms with Crippen LogP contribution in [0.25, 0.3) is 0 Å². The first-order valence-electron chi connectivity index (χ1n) is 8.04. The number of nitrogens with one attached hydrogen (secondary N) is 1. The third kappa shape index (κ3) is 4.47. The maximum Gasteiger partial charge on any atom is 0.342 e. The van der Waals surface area contributed by atoms with Gasteiger partial charge in [0.1, 0.15) is 17.1 Å². The molecule has 1 amide bonds. The van der Waals surface area contributed by atoms with Crippen LogP contribution in [0.5, 0.6) is 0 Å². The van der Waals surface area contributed by atoms with E-state index in [1.807, 2.05) is 24.3 Å². The number of aryl methyl sites for hydroxylation is 2. The molecule has 0 saturated carbocycles. The summed E-state index contributed by atoms with van der Waals surface area (Å²) in [6.45, 7) is 7.39. The minimum Gasteiger partial charge on any atom is -0.466 e. The predicted molar refractivity (Wildman–Crippen MR) is 92.2 cm³/mol. The Morgan fingerprint density at radius 3 is 2.42 bits per heavy atom. The maximum atomic E-state index is 11.9. The lowest BCUT2D eigenvalue weighted by Crippen LogP contribution is -2.21. The number of carbonyl (C=O) groups excluding carboxylic acids is 2. The van der Waals surface area contributed by atoms with Crippen molar-refractivity contribution in [3.63, 3.8) is 0 Å². The Hall–Kier alpha value is -2.56. The van der Waals surface area contributed by atoms with Gasteiger partial charge in [0.2, 0.25) is 0 Å². The molecule has 1 N–H and O–H groups in total. The average molecular weight is 329 g/mol. The van der Waals surface area contributed by atoms with Crippen LogP contribution in [0.15, 0.2) is 34.7 Å². The van der Waals surface area contributed by atoms with Crippen molar-refractivity contribution in [1.82, 2.24) is 0 Å². The molecule has 5 nitrogen and oxygen atoms in total. The first-order chi connectivity index (χ1) is 11.4. The first kappa shape index (κ1) is 17.8. The molecular formula is C19H23NO4. The molecule has 1 atom stereocenters. The molecule has 2 aromatic rings. The van der Waals surface area contributed by atoms with Crippen molar-refractivity contribution in [2.45, 2.75) is 40.0 Å². The van der Waals surface area contributed by atoms with E-state index in [9.17, 15) is 9.59 Å². The van der Waals surface area contributed by atoms with Gasteiger partial charge in [0.05, 0.1) is 0 Å². The molecule has 1 aromatic heterocycles. The summed E-state index contributed by atoms with van der Waals surface area (Å²) in [5, 5.41) is 2.71. The molecular weight excluding hydrogens is 306 g/mol. The zero-order chi connectivity index (χ0) is 17.7. The molecule has 0 saturated heterocycles. The third-order valence-electron chi connectivity index (χ3n) is 3.97. The van der Waals surface area contributed by atoms with E-state index in [1.54, 1.807) is 19.9 Å². The van der Waals surface area contributed by atoms with Crippen molar-refractivity contribution in [3.8, 4) is 0 Å². The van der Waals surface area contributed by atoms with E-state index in [-0.39, 0.29) is 12.5 Å². The number of hydrogen-bond acceptors (Lipinski definition) is 4. The first-order valence-corrected chi connectivity index (χ1v) is 8.04. The Labute approximate surface area is 142 Å². The molecule has 5 heteroatoms. The van der Waals surface area contributed by atoms with Gasteiger partial charge in [0, 0.05) is 5.69 Å². The summed E-state index contributed by atoms with van der Waals surface area (Å²) >= 11 is 0. The Morgan fingerprint density at radius 1 is 1.21 bits per heavy atom. The molecule has 0 aliphatic rings. The number of esters is 1. The second-order valence-electron chi connectivity index (χ2n) is 5.88. The number of furan rings is 1. The fourth-order valence-electron chi connectivity index (χ4n) is 2.37. The Bertz CT molecular complexity index is 715. The quantitative estimate of drug-likeness (QED) is 0.806. The van der Waals surface area contributed by atoms with E-state index in [0.717, 1.165) is 6.42 Å². The van der Waals surface area contributed by atoms with Gasteiger partial charge in [-0.3, -0.25) is 4.79 Å². The summed E-state index contributed by atoms with van der Waals surface area (Å²) in [4.78, 5) is 23.8. The molecule has 1 aromatic carbocycles. The van der Waals surface area contributed by atoms with Crippen LogP contribution in [0.4, 0.5) is 5.69 Å². The van der Waals surface area contributed by atoms with Gasteiger partial charge in [0.25, 0.3) is 5.91 Å². The zero-order valence-electron chi connectivity index (χ0n) is 14.5. The lowest BCUT2D eigenvalue weighted by molar-refractivity contribution is -0.119. The minimum atomic E-state index is -0.563. The molecule has 24 heavy (non-hydrogen) atoms. The summed E-state index contributed by atoms with van der Waals surface area (Å²) in [6.07, 6.45) is 1.06. The molecule has 0 radical (unpaired) electrons. The molecule has 0 bridgehead atoms. The minimum absolute atomic E-state index is 0.338. The third-order valence-corrected chi connectivity index (χ3v) is 3.97. The molecule has 128 valence electrons. The van der Waals surface area contributed by atoms with E-state index in [0.29, 0.717) is 28.7 Å². The number of benzene rings is 1. The van der Waals surface area contributed by atoms with E-state index in [1.165, 1.54) is 5.56 Å². The van der Waals surface area contributed by atoms with Crippen molar-refractivity contribution >= 4 is 17.6 Å². The van der Waals surface area contributed by atoms with E-state index in [2.05, 4.69) is 19.2 Å². The van der Waals surface area contributed by atoms with E-state index >= 15 is 0 Å². The lowest BCUT2D eigenvalue weighted by Gasteiger charge is -2.10. The van der Waals surface area contributed by atoms with Crippen LogP contribution in [0.3, 0.4) is 0 Å². The van der Waals surface area contributed by atoms with Gasteiger partial charge in [-0.05, 0) is 49.9 Å². The SMILES string of the molecule is CC[C@H](C)c1ccc(NC(=O)COC(=O)c2cc(C)oc2C)cc1. The van der Waals surface area contributed by atoms with Gasteiger partial charge in [-0.1, -0.05) is 26.0 Å². The molecule has 0 aliphatic carbocycles. The smallest absolute Gasteiger partial charge is 0.342 e.